The lowest BCUT2D eigenvalue weighted by Gasteiger charge is -2.21. The number of nitrogens with one attached hydrogen (secondary N) is 2. The molecule has 27 heavy (non-hydrogen) atoms. The molecule has 8 nitrogen and oxygen atoms in total. The Labute approximate surface area is 178 Å². The Morgan fingerprint density at radius 1 is 1.37 bits per heavy atom. The lowest BCUT2D eigenvalue weighted by Crippen LogP contribution is -2.43. The SMILES string of the molecule is CN=C(NCCNC(=O)c1cccnc1)N1CCC(COCCOC)C1.I. The summed E-state index contributed by atoms with van der Waals surface area (Å²) in [6.45, 7) is 5.03. The fourth-order valence-electron chi connectivity index (χ4n) is 2.84. The highest BCUT2D eigenvalue weighted by Gasteiger charge is 2.24. The second kappa shape index (κ2) is 13.7. The van der Waals surface area contributed by atoms with Crippen LogP contribution in [0.1, 0.15) is 16.8 Å². The van der Waals surface area contributed by atoms with Crippen molar-refractivity contribution in [2.45, 2.75) is 6.42 Å². The fraction of sp³-hybridized carbons (Fsp3) is 0.611. The smallest absolute Gasteiger partial charge is 0.252 e. The van der Waals surface area contributed by atoms with Crippen molar-refractivity contribution in [3.05, 3.63) is 30.1 Å². The Morgan fingerprint density at radius 3 is 2.89 bits per heavy atom. The zero-order valence-electron chi connectivity index (χ0n) is 16.0. The number of carbonyl (C=O) groups excluding carboxylic acids is 1. The van der Waals surface area contributed by atoms with Crippen LogP contribution in [0.5, 0.6) is 0 Å². The van der Waals surface area contributed by atoms with Crippen LogP contribution in [0.25, 0.3) is 0 Å². The fourth-order valence-corrected chi connectivity index (χ4v) is 2.84. The van der Waals surface area contributed by atoms with E-state index < -0.39 is 0 Å². The predicted octanol–water partition coefficient (Wildman–Crippen LogP) is 0.990. The van der Waals surface area contributed by atoms with Crippen LogP contribution >= 0.6 is 24.0 Å². The number of carbonyl (C=O) groups is 1. The van der Waals surface area contributed by atoms with Gasteiger partial charge >= 0.3 is 0 Å². The van der Waals surface area contributed by atoms with E-state index in [9.17, 15) is 4.79 Å². The number of amides is 1. The minimum atomic E-state index is -0.121. The highest BCUT2D eigenvalue weighted by Crippen LogP contribution is 2.16. The summed E-state index contributed by atoms with van der Waals surface area (Å²) in [5.41, 5.74) is 0.563. The molecular weight excluding hydrogens is 461 g/mol. The van der Waals surface area contributed by atoms with Gasteiger partial charge in [-0.3, -0.25) is 14.8 Å². The van der Waals surface area contributed by atoms with Crippen molar-refractivity contribution < 1.29 is 14.3 Å². The maximum Gasteiger partial charge on any atom is 0.252 e. The normalized spacial score (nSPS) is 16.7. The first-order chi connectivity index (χ1) is 12.7. The molecule has 1 saturated heterocycles. The second-order valence-corrected chi connectivity index (χ2v) is 6.14. The first-order valence-electron chi connectivity index (χ1n) is 8.95. The lowest BCUT2D eigenvalue weighted by atomic mass is 10.1. The third-order valence-electron chi connectivity index (χ3n) is 4.20. The van der Waals surface area contributed by atoms with Gasteiger partial charge in [0.2, 0.25) is 0 Å². The number of pyridine rings is 1. The highest BCUT2D eigenvalue weighted by atomic mass is 127. The molecular formula is C18H30IN5O3. The molecule has 2 N–H and O–H groups in total. The van der Waals surface area contributed by atoms with E-state index in [2.05, 4.69) is 25.5 Å². The molecule has 1 amide bonds. The van der Waals surface area contributed by atoms with Crippen LogP contribution in [0.15, 0.2) is 29.5 Å². The topological polar surface area (TPSA) is 88.1 Å². The van der Waals surface area contributed by atoms with E-state index in [1.54, 1.807) is 38.7 Å². The van der Waals surface area contributed by atoms with Gasteiger partial charge in [0.05, 0.1) is 25.4 Å². The number of ether oxygens (including phenoxy) is 2. The first-order valence-corrected chi connectivity index (χ1v) is 8.95. The number of hydrogen-bond donors (Lipinski definition) is 2. The van der Waals surface area contributed by atoms with Gasteiger partial charge < -0.3 is 25.0 Å². The number of rotatable bonds is 9. The van der Waals surface area contributed by atoms with E-state index in [-0.39, 0.29) is 29.9 Å². The Balaban J connectivity index is 0.00000364. The van der Waals surface area contributed by atoms with Crippen molar-refractivity contribution in [2.24, 2.45) is 10.9 Å². The summed E-state index contributed by atoms with van der Waals surface area (Å²) in [4.78, 5) is 22.5. The third kappa shape index (κ3) is 8.39. The number of methoxy groups -OCH3 is 1. The van der Waals surface area contributed by atoms with Gasteiger partial charge in [0, 0.05) is 58.6 Å². The summed E-state index contributed by atoms with van der Waals surface area (Å²) < 4.78 is 10.6. The molecule has 1 aromatic heterocycles. The standard InChI is InChI=1S/C18H29N5O3.HI/c1-19-18(23-9-5-15(13-23)14-26-11-10-25-2)22-8-7-21-17(24)16-4-3-6-20-12-16;/h3-4,6,12,15H,5,7-11,13-14H2,1-2H3,(H,19,22)(H,21,24);1H. The Morgan fingerprint density at radius 2 is 2.19 bits per heavy atom. The van der Waals surface area contributed by atoms with Gasteiger partial charge in [-0.25, -0.2) is 0 Å². The minimum Gasteiger partial charge on any atom is -0.382 e. The molecule has 0 aromatic carbocycles. The van der Waals surface area contributed by atoms with E-state index in [1.165, 1.54) is 0 Å². The molecule has 1 unspecified atom stereocenters. The van der Waals surface area contributed by atoms with Gasteiger partial charge in [-0.05, 0) is 18.6 Å². The van der Waals surface area contributed by atoms with Crippen LogP contribution in [0.4, 0.5) is 0 Å². The van der Waals surface area contributed by atoms with E-state index in [0.717, 1.165) is 32.1 Å². The average Bonchev–Trinajstić information content (AvgIpc) is 3.14. The molecule has 2 heterocycles. The van der Waals surface area contributed by atoms with Gasteiger partial charge in [0.25, 0.3) is 5.91 Å². The Kier molecular flexibility index (Phi) is 11.9. The lowest BCUT2D eigenvalue weighted by molar-refractivity contribution is 0.0536. The maximum absolute atomic E-state index is 12.0. The molecule has 0 aliphatic carbocycles. The molecule has 0 radical (unpaired) electrons. The highest BCUT2D eigenvalue weighted by molar-refractivity contribution is 14.0. The van der Waals surface area contributed by atoms with Crippen molar-refractivity contribution in [3.63, 3.8) is 0 Å². The van der Waals surface area contributed by atoms with E-state index in [0.29, 0.717) is 37.8 Å². The van der Waals surface area contributed by atoms with Crippen molar-refractivity contribution in [3.8, 4) is 0 Å². The monoisotopic (exact) mass is 491 g/mol. The summed E-state index contributed by atoms with van der Waals surface area (Å²) in [5, 5.41) is 6.17. The number of nitrogens with zero attached hydrogens (tertiary/aromatic N) is 3. The second-order valence-electron chi connectivity index (χ2n) is 6.14. The van der Waals surface area contributed by atoms with E-state index in [1.807, 2.05) is 0 Å². The van der Waals surface area contributed by atoms with Crippen LogP contribution in [0.2, 0.25) is 0 Å². The van der Waals surface area contributed by atoms with Gasteiger partial charge in [-0.15, -0.1) is 24.0 Å². The molecule has 9 heteroatoms. The van der Waals surface area contributed by atoms with Crippen LogP contribution in [0.3, 0.4) is 0 Å². The number of aliphatic imine (C=N–C) groups is 1. The third-order valence-corrected chi connectivity index (χ3v) is 4.20. The predicted molar refractivity (Wildman–Crippen MR) is 116 cm³/mol. The maximum atomic E-state index is 12.0. The van der Waals surface area contributed by atoms with Crippen LogP contribution in [-0.4, -0.2) is 81.9 Å². The number of likely N-dealkylation sites (tertiary alicyclic amines) is 1. The average molecular weight is 491 g/mol. The molecule has 0 bridgehead atoms. The number of aromatic nitrogens is 1. The molecule has 1 fully saturated rings. The summed E-state index contributed by atoms with van der Waals surface area (Å²) in [7, 11) is 3.45. The molecule has 0 saturated carbocycles. The van der Waals surface area contributed by atoms with Crippen LogP contribution < -0.4 is 10.6 Å². The van der Waals surface area contributed by atoms with Gasteiger partial charge in [0.15, 0.2) is 5.96 Å². The van der Waals surface area contributed by atoms with Crippen molar-refractivity contribution in [1.29, 1.82) is 0 Å². The number of guanidine groups is 1. The molecule has 2 rings (SSSR count). The Hall–Kier alpha value is -1.46. The first kappa shape index (κ1) is 23.6. The van der Waals surface area contributed by atoms with E-state index >= 15 is 0 Å². The minimum absolute atomic E-state index is 0. The van der Waals surface area contributed by atoms with Crippen molar-refractivity contribution in [1.82, 2.24) is 20.5 Å². The molecule has 1 aliphatic rings. The number of hydrogen-bond acceptors (Lipinski definition) is 5. The quantitative estimate of drug-likeness (QED) is 0.232. The van der Waals surface area contributed by atoms with Crippen molar-refractivity contribution >= 4 is 35.8 Å². The summed E-state index contributed by atoms with van der Waals surface area (Å²) in [5.74, 6) is 1.25. The summed E-state index contributed by atoms with van der Waals surface area (Å²) in [6, 6.07) is 3.49. The Bertz CT molecular complexity index is 573. The van der Waals surface area contributed by atoms with Gasteiger partial charge in [-0.1, -0.05) is 0 Å². The molecule has 1 aliphatic heterocycles. The van der Waals surface area contributed by atoms with Crippen LogP contribution in [-0.2, 0) is 9.47 Å². The summed E-state index contributed by atoms with van der Waals surface area (Å²) in [6.07, 6.45) is 4.29. The molecule has 1 aromatic rings. The summed E-state index contributed by atoms with van der Waals surface area (Å²) >= 11 is 0. The van der Waals surface area contributed by atoms with Gasteiger partial charge in [0.1, 0.15) is 0 Å². The van der Waals surface area contributed by atoms with Crippen molar-refractivity contribution in [2.75, 3.05) is 60.2 Å². The largest absolute Gasteiger partial charge is 0.382 e. The zero-order valence-corrected chi connectivity index (χ0v) is 18.3. The van der Waals surface area contributed by atoms with Crippen LogP contribution in [0, 0.1) is 5.92 Å². The van der Waals surface area contributed by atoms with E-state index in [4.69, 9.17) is 9.47 Å². The molecule has 152 valence electrons. The molecule has 1 atom stereocenters. The molecule has 0 spiro atoms. The number of halogens is 1. The zero-order chi connectivity index (χ0) is 18.6. The van der Waals surface area contributed by atoms with Gasteiger partial charge in [-0.2, -0.15) is 0 Å².